The summed E-state index contributed by atoms with van der Waals surface area (Å²) in [6, 6.07) is 0. The topological polar surface area (TPSA) is 80.9 Å². The zero-order valence-electron chi connectivity index (χ0n) is 13.2. The van der Waals surface area contributed by atoms with Crippen LogP contribution in [0.4, 0.5) is 0 Å². The molecule has 0 aliphatic rings. The maximum absolute atomic E-state index is 9.83. The van der Waals surface area contributed by atoms with E-state index in [0.29, 0.717) is 25.7 Å². The van der Waals surface area contributed by atoms with Crippen LogP contribution in [-0.4, -0.2) is 44.8 Å². The quantitative estimate of drug-likeness (QED) is 0.420. The minimum absolute atomic E-state index is 0.284. The number of aliphatic hydroxyl groups is 4. The lowest BCUT2D eigenvalue weighted by atomic mass is 9.98. The van der Waals surface area contributed by atoms with Gasteiger partial charge in [-0.1, -0.05) is 26.7 Å². The van der Waals surface area contributed by atoms with Gasteiger partial charge < -0.3 is 20.4 Å². The fourth-order valence-corrected chi connectivity index (χ4v) is 2.47. The summed E-state index contributed by atoms with van der Waals surface area (Å²) in [6.07, 6.45) is 5.43. The zero-order valence-corrected chi connectivity index (χ0v) is 13.2. The Kier molecular flexibility index (Phi) is 12.5. The van der Waals surface area contributed by atoms with Crippen molar-refractivity contribution in [3.05, 3.63) is 0 Å². The number of aliphatic hydroxyl groups excluding tert-OH is 4. The summed E-state index contributed by atoms with van der Waals surface area (Å²) >= 11 is 0. The molecule has 4 unspecified atom stereocenters. The van der Waals surface area contributed by atoms with E-state index in [1.54, 1.807) is 0 Å². The lowest BCUT2D eigenvalue weighted by Gasteiger charge is -2.19. The Bertz CT molecular complexity index is 189. The summed E-state index contributed by atoms with van der Waals surface area (Å²) < 4.78 is 0. The van der Waals surface area contributed by atoms with E-state index in [1.165, 1.54) is 0 Å². The van der Waals surface area contributed by atoms with Crippen molar-refractivity contribution in [1.82, 2.24) is 0 Å². The second-order valence-electron chi connectivity index (χ2n) is 5.88. The van der Waals surface area contributed by atoms with Crippen molar-refractivity contribution >= 4 is 0 Å². The first kappa shape index (κ1) is 19.8. The maximum atomic E-state index is 9.83. The van der Waals surface area contributed by atoms with E-state index in [1.807, 2.05) is 13.8 Å². The molecule has 0 spiro atoms. The van der Waals surface area contributed by atoms with Gasteiger partial charge in [0.25, 0.3) is 0 Å². The van der Waals surface area contributed by atoms with Crippen LogP contribution in [0.25, 0.3) is 0 Å². The average molecular weight is 290 g/mol. The monoisotopic (exact) mass is 290 g/mol. The van der Waals surface area contributed by atoms with Crippen LogP contribution in [0, 0.1) is 0 Å². The fraction of sp³-hybridized carbons (Fsp3) is 1.00. The van der Waals surface area contributed by atoms with Crippen molar-refractivity contribution in [3.8, 4) is 0 Å². The molecule has 4 N–H and O–H groups in total. The smallest absolute Gasteiger partial charge is 0.0799 e. The molecule has 4 heteroatoms. The molecule has 0 aliphatic heterocycles. The Balaban J connectivity index is 3.62. The highest BCUT2D eigenvalue weighted by Gasteiger charge is 2.16. The third-order valence-electron chi connectivity index (χ3n) is 3.76. The molecule has 4 atom stereocenters. The number of hydrogen-bond acceptors (Lipinski definition) is 4. The minimum atomic E-state index is -0.716. The molecule has 0 aliphatic carbocycles. The third kappa shape index (κ3) is 10.6. The van der Waals surface area contributed by atoms with Gasteiger partial charge in [-0.3, -0.25) is 0 Å². The van der Waals surface area contributed by atoms with Crippen LogP contribution in [0.3, 0.4) is 0 Å². The van der Waals surface area contributed by atoms with Gasteiger partial charge >= 0.3 is 0 Å². The van der Waals surface area contributed by atoms with Crippen LogP contribution in [0.15, 0.2) is 0 Å². The Morgan fingerprint density at radius 2 is 0.900 bits per heavy atom. The standard InChI is InChI=1S/C16H34O4/c1-3-7-13(17)9-5-11-15(19)16(20)12-6-10-14(18)8-4-2/h13-20H,3-12H2,1-2H3. The van der Waals surface area contributed by atoms with E-state index in [0.717, 1.165) is 38.5 Å². The van der Waals surface area contributed by atoms with Crippen LogP contribution in [-0.2, 0) is 0 Å². The summed E-state index contributed by atoms with van der Waals surface area (Å²) in [5, 5.41) is 38.8. The van der Waals surface area contributed by atoms with Gasteiger partial charge in [-0.05, 0) is 51.4 Å². The van der Waals surface area contributed by atoms with E-state index in [-0.39, 0.29) is 12.2 Å². The third-order valence-corrected chi connectivity index (χ3v) is 3.76. The van der Waals surface area contributed by atoms with Gasteiger partial charge in [-0.15, -0.1) is 0 Å². The van der Waals surface area contributed by atoms with Crippen LogP contribution < -0.4 is 0 Å². The molecule has 0 heterocycles. The molecule has 0 saturated carbocycles. The highest BCUT2D eigenvalue weighted by atomic mass is 16.3. The molecule has 0 aromatic carbocycles. The summed E-state index contributed by atoms with van der Waals surface area (Å²) in [4.78, 5) is 0. The van der Waals surface area contributed by atoms with E-state index >= 15 is 0 Å². The summed E-state index contributed by atoms with van der Waals surface area (Å²) in [5.41, 5.74) is 0. The molecule has 0 aromatic heterocycles. The summed E-state index contributed by atoms with van der Waals surface area (Å²) in [5.74, 6) is 0. The normalized spacial score (nSPS) is 17.7. The molecule has 0 rings (SSSR count). The first-order chi connectivity index (χ1) is 9.51. The van der Waals surface area contributed by atoms with Gasteiger partial charge in [0.05, 0.1) is 24.4 Å². The Hall–Kier alpha value is -0.160. The number of rotatable bonds is 13. The Morgan fingerprint density at radius 3 is 1.20 bits per heavy atom. The molecule has 122 valence electrons. The highest BCUT2D eigenvalue weighted by Crippen LogP contribution is 2.15. The average Bonchev–Trinajstić information content (AvgIpc) is 2.39. The zero-order chi connectivity index (χ0) is 15.4. The molecule has 0 amide bonds. The number of hydrogen-bond donors (Lipinski definition) is 4. The second kappa shape index (κ2) is 12.6. The first-order valence-corrected chi connectivity index (χ1v) is 8.23. The SMILES string of the molecule is CCCC(O)CCCC(O)C(O)CCCC(O)CCC. The van der Waals surface area contributed by atoms with E-state index in [4.69, 9.17) is 0 Å². The van der Waals surface area contributed by atoms with Crippen LogP contribution in [0.2, 0.25) is 0 Å². The maximum Gasteiger partial charge on any atom is 0.0799 e. The van der Waals surface area contributed by atoms with Crippen molar-refractivity contribution in [1.29, 1.82) is 0 Å². The molecule has 4 nitrogen and oxygen atoms in total. The Labute approximate surface area is 123 Å². The predicted molar refractivity (Wildman–Crippen MR) is 81.5 cm³/mol. The largest absolute Gasteiger partial charge is 0.393 e. The molecule has 0 radical (unpaired) electrons. The Morgan fingerprint density at radius 1 is 0.550 bits per heavy atom. The lowest BCUT2D eigenvalue weighted by Crippen LogP contribution is -2.26. The molecule has 0 bridgehead atoms. The summed E-state index contributed by atoms with van der Waals surface area (Å²) in [7, 11) is 0. The van der Waals surface area contributed by atoms with E-state index in [2.05, 4.69) is 0 Å². The van der Waals surface area contributed by atoms with Crippen LogP contribution >= 0.6 is 0 Å². The molecule has 0 aromatic rings. The lowest BCUT2D eigenvalue weighted by molar-refractivity contribution is 0.00322. The van der Waals surface area contributed by atoms with Crippen molar-refractivity contribution in [2.75, 3.05) is 0 Å². The van der Waals surface area contributed by atoms with E-state index in [9.17, 15) is 20.4 Å². The van der Waals surface area contributed by atoms with Gasteiger partial charge in [0.1, 0.15) is 0 Å². The van der Waals surface area contributed by atoms with Crippen molar-refractivity contribution in [3.63, 3.8) is 0 Å². The highest BCUT2D eigenvalue weighted by molar-refractivity contribution is 4.69. The van der Waals surface area contributed by atoms with Gasteiger partial charge in [0.15, 0.2) is 0 Å². The second-order valence-corrected chi connectivity index (χ2v) is 5.88. The minimum Gasteiger partial charge on any atom is -0.393 e. The van der Waals surface area contributed by atoms with Gasteiger partial charge in [-0.2, -0.15) is 0 Å². The van der Waals surface area contributed by atoms with Crippen molar-refractivity contribution in [2.24, 2.45) is 0 Å². The molecule has 20 heavy (non-hydrogen) atoms. The van der Waals surface area contributed by atoms with Crippen molar-refractivity contribution < 1.29 is 20.4 Å². The predicted octanol–water partition coefficient (Wildman–Crippen LogP) is 2.37. The first-order valence-electron chi connectivity index (χ1n) is 8.23. The molecule has 0 saturated heterocycles. The van der Waals surface area contributed by atoms with Crippen LogP contribution in [0.5, 0.6) is 0 Å². The fourth-order valence-electron chi connectivity index (χ4n) is 2.47. The molecular formula is C16H34O4. The van der Waals surface area contributed by atoms with Gasteiger partial charge in [0.2, 0.25) is 0 Å². The van der Waals surface area contributed by atoms with Crippen LogP contribution in [0.1, 0.15) is 78.1 Å². The summed E-state index contributed by atoms with van der Waals surface area (Å²) in [6.45, 7) is 4.07. The van der Waals surface area contributed by atoms with Gasteiger partial charge in [0, 0.05) is 0 Å². The van der Waals surface area contributed by atoms with Crippen molar-refractivity contribution in [2.45, 2.75) is 102 Å². The van der Waals surface area contributed by atoms with E-state index < -0.39 is 12.2 Å². The van der Waals surface area contributed by atoms with Gasteiger partial charge in [-0.25, -0.2) is 0 Å². The molecular weight excluding hydrogens is 256 g/mol. The molecule has 0 fully saturated rings.